The summed E-state index contributed by atoms with van der Waals surface area (Å²) in [4.78, 5) is 30.4. The van der Waals surface area contributed by atoms with Crippen molar-refractivity contribution in [3.05, 3.63) is 51.7 Å². The van der Waals surface area contributed by atoms with Gasteiger partial charge in [0.15, 0.2) is 0 Å². The average Bonchev–Trinajstić information content (AvgIpc) is 3.20. The zero-order chi connectivity index (χ0) is 23.1. The van der Waals surface area contributed by atoms with Gasteiger partial charge in [0, 0.05) is 42.5 Å². The summed E-state index contributed by atoms with van der Waals surface area (Å²) in [6.07, 6.45) is 4.56. The minimum Gasteiger partial charge on any atom is -0.352 e. The van der Waals surface area contributed by atoms with Gasteiger partial charge in [0.2, 0.25) is 0 Å². The number of aromatic nitrogens is 2. The van der Waals surface area contributed by atoms with Crippen LogP contribution in [0.5, 0.6) is 0 Å². The van der Waals surface area contributed by atoms with Crippen LogP contribution in [0.3, 0.4) is 0 Å². The van der Waals surface area contributed by atoms with Gasteiger partial charge in [-0.3, -0.25) is 4.79 Å². The van der Waals surface area contributed by atoms with E-state index < -0.39 is 0 Å². The highest BCUT2D eigenvalue weighted by molar-refractivity contribution is 7.19. The summed E-state index contributed by atoms with van der Waals surface area (Å²) in [6.45, 7) is 11.9. The largest absolute Gasteiger partial charge is 0.352 e. The topological polar surface area (TPSA) is 49.3 Å². The summed E-state index contributed by atoms with van der Waals surface area (Å²) < 4.78 is 0. The van der Waals surface area contributed by atoms with Crippen molar-refractivity contribution in [2.24, 2.45) is 5.92 Å². The molecule has 174 valence electrons. The Kier molecular flexibility index (Phi) is 6.12. The first-order chi connectivity index (χ1) is 16.0. The lowest BCUT2D eigenvalue weighted by Gasteiger charge is -2.36. The quantitative estimate of drug-likeness (QED) is 0.506. The van der Waals surface area contributed by atoms with Gasteiger partial charge in [0.1, 0.15) is 16.5 Å². The standard InChI is InChI=1S/C27H34N4OS/c1-5-18(3)24-28-25(23-21-11-10-17(2)16-22(21)33-26(23)29-24)30-12-14-31(15-13-30)27(32)20-9-7-6-8-19(20)4/h6-9,17-18H,5,10-16H2,1-4H3/t17-,18+/m1/s1. The summed E-state index contributed by atoms with van der Waals surface area (Å²) in [6, 6.07) is 7.89. The minimum absolute atomic E-state index is 0.141. The van der Waals surface area contributed by atoms with Gasteiger partial charge >= 0.3 is 0 Å². The van der Waals surface area contributed by atoms with E-state index in [1.807, 2.05) is 47.4 Å². The lowest BCUT2D eigenvalue weighted by Crippen LogP contribution is -2.49. The molecule has 0 N–H and O–H groups in total. The SMILES string of the molecule is CC[C@H](C)c1nc(N2CCN(C(=O)c3ccccc3C)CC2)c2c3c(sc2n1)C[C@H](C)CC3. The fourth-order valence-electron chi connectivity index (χ4n) is 5.08. The molecule has 2 atom stereocenters. The first-order valence-electron chi connectivity index (χ1n) is 12.4. The number of hydrogen-bond donors (Lipinski definition) is 0. The molecular weight excluding hydrogens is 428 g/mol. The van der Waals surface area contributed by atoms with Crippen molar-refractivity contribution >= 4 is 33.3 Å². The maximum atomic E-state index is 13.1. The van der Waals surface area contributed by atoms with Crippen LogP contribution in [0.15, 0.2) is 24.3 Å². The maximum Gasteiger partial charge on any atom is 0.254 e. The summed E-state index contributed by atoms with van der Waals surface area (Å²) in [7, 11) is 0. The van der Waals surface area contributed by atoms with Gasteiger partial charge < -0.3 is 9.80 Å². The maximum absolute atomic E-state index is 13.1. The molecule has 1 saturated heterocycles. The third-order valence-electron chi connectivity index (χ3n) is 7.45. The smallest absolute Gasteiger partial charge is 0.254 e. The van der Waals surface area contributed by atoms with E-state index in [-0.39, 0.29) is 5.91 Å². The number of thiophene rings is 1. The zero-order valence-corrected chi connectivity index (χ0v) is 21.0. The zero-order valence-electron chi connectivity index (χ0n) is 20.2. The molecule has 5 nitrogen and oxygen atoms in total. The Morgan fingerprint density at radius 1 is 1.18 bits per heavy atom. The van der Waals surface area contributed by atoms with E-state index >= 15 is 0 Å². The van der Waals surface area contributed by atoms with Gasteiger partial charge in [-0.2, -0.15) is 0 Å². The Morgan fingerprint density at radius 2 is 1.94 bits per heavy atom. The molecule has 0 spiro atoms. The number of fused-ring (bicyclic) bond motifs is 3. The highest BCUT2D eigenvalue weighted by Crippen LogP contribution is 2.42. The Morgan fingerprint density at radius 3 is 2.67 bits per heavy atom. The molecule has 2 aliphatic rings. The van der Waals surface area contributed by atoms with E-state index in [9.17, 15) is 4.79 Å². The third kappa shape index (κ3) is 4.14. The Balaban J connectivity index is 1.46. The number of aryl methyl sites for hydroxylation is 2. The van der Waals surface area contributed by atoms with Crippen LogP contribution in [0.2, 0.25) is 0 Å². The van der Waals surface area contributed by atoms with Crippen LogP contribution < -0.4 is 4.90 Å². The van der Waals surface area contributed by atoms with Gasteiger partial charge in [-0.05, 0) is 55.7 Å². The molecule has 33 heavy (non-hydrogen) atoms. The molecule has 5 rings (SSSR count). The van der Waals surface area contributed by atoms with Crippen molar-refractivity contribution in [1.29, 1.82) is 0 Å². The Bertz CT molecular complexity index is 1180. The van der Waals surface area contributed by atoms with Crippen molar-refractivity contribution in [2.75, 3.05) is 31.1 Å². The average molecular weight is 463 g/mol. The van der Waals surface area contributed by atoms with Crippen molar-refractivity contribution in [1.82, 2.24) is 14.9 Å². The second-order valence-electron chi connectivity index (χ2n) is 9.84. The molecule has 0 unspecified atom stereocenters. The predicted molar refractivity (Wildman–Crippen MR) is 137 cm³/mol. The summed E-state index contributed by atoms with van der Waals surface area (Å²) in [5, 5.41) is 1.28. The fourth-order valence-corrected chi connectivity index (χ4v) is 6.46. The second kappa shape index (κ2) is 9.05. The molecule has 1 amide bonds. The van der Waals surface area contributed by atoms with Crippen molar-refractivity contribution in [3.8, 4) is 0 Å². The van der Waals surface area contributed by atoms with Crippen molar-refractivity contribution < 1.29 is 4.79 Å². The van der Waals surface area contributed by atoms with Gasteiger partial charge in [0.25, 0.3) is 5.91 Å². The summed E-state index contributed by atoms with van der Waals surface area (Å²) >= 11 is 1.89. The molecule has 3 heterocycles. The van der Waals surface area contributed by atoms with Crippen LogP contribution in [-0.4, -0.2) is 47.0 Å². The number of anilines is 1. The number of benzene rings is 1. The van der Waals surface area contributed by atoms with Crippen LogP contribution >= 0.6 is 11.3 Å². The van der Waals surface area contributed by atoms with E-state index in [0.29, 0.717) is 5.92 Å². The van der Waals surface area contributed by atoms with Gasteiger partial charge in [-0.1, -0.05) is 39.0 Å². The lowest BCUT2D eigenvalue weighted by atomic mass is 9.89. The highest BCUT2D eigenvalue weighted by Gasteiger charge is 2.29. The molecule has 2 aromatic heterocycles. The monoisotopic (exact) mass is 462 g/mol. The number of rotatable bonds is 4. The molecular formula is C27H34N4OS. The molecule has 6 heteroatoms. The van der Waals surface area contributed by atoms with E-state index in [0.717, 1.165) is 79.0 Å². The highest BCUT2D eigenvalue weighted by atomic mass is 32.1. The number of nitrogens with zero attached hydrogens (tertiary/aromatic N) is 4. The predicted octanol–water partition coefficient (Wildman–Crippen LogP) is 5.60. The first kappa shape index (κ1) is 22.3. The first-order valence-corrected chi connectivity index (χ1v) is 13.2. The lowest BCUT2D eigenvalue weighted by molar-refractivity contribution is 0.0746. The Labute approximate surface area is 200 Å². The number of carbonyl (C=O) groups excluding carboxylic acids is 1. The molecule has 1 fully saturated rings. The van der Waals surface area contributed by atoms with Gasteiger partial charge in [-0.15, -0.1) is 11.3 Å². The van der Waals surface area contributed by atoms with Crippen LogP contribution in [0.1, 0.15) is 71.7 Å². The molecule has 0 saturated carbocycles. The second-order valence-corrected chi connectivity index (χ2v) is 10.9. The molecule has 0 radical (unpaired) electrons. The van der Waals surface area contributed by atoms with Crippen molar-refractivity contribution in [3.63, 3.8) is 0 Å². The van der Waals surface area contributed by atoms with E-state index in [1.54, 1.807) is 0 Å². The van der Waals surface area contributed by atoms with Crippen molar-refractivity contribution in [2.45, 2.75) is 59.3 Å². The number of piperazine rings is 1. The van der Waals surface area contributed by atoms with E-state index in [2.05, 4.69) is 25.7 Å². The van der Waals surface area contributed by atoms with Crippen LogP contribution in [0, 0.1) is 12.8 Å². The van der Waals surface area contributed by atoms with E-state index in [4.69, 9.17) is 9.97 Å². The normalized spacial score (nSPS) is 19.6. The number of amides is 1. The van der Waals surface area contributed by atoms with Crippen LogP contribution in [0.4, 0.5) is 5.82 Å². The van der Waals surface area contributed by atoms with Crippen LogP contribution in [0.25, 0.3) is 10.2 Å². The van der Waals surface area contributed by atoms with Crippen LogP contribution in [-0.2, 0) is 12.8 Å². The van der Waals surface area contributed by atoms with Gasteiger partial charge in [0.05, 0.1) is 5.39 Å². The molecule has 1 aliphatic carbocycles. The minimum atomic E-state index is 0.141. The number of hydrogen-bond acceptors (Lipinski definition) is 5. The number of carbonyl (C=O) groups is 1. The third-order valence-corrected chi connectivity index (χ3v) is 8.60. The molecule has 0 bridgehead atoms. The summed E-state index contributed by atoms with van der Waals surface area (Å²) in [5.74, 6) is 3.29. The van der Waals surface area contributed by atoms with Gasteiger partial charge in [-0.25, -0.2) is 9.97 Å². The molecule has 1 aromatic carbocycles. The molecule has 1 aliphatic heterocycles. The Hall–Kier alpha value is -2.47. The molecule has 3 aromatic rings. The summed E-state index contributed by atoms with van der Waals surface area (Å²) in [5.41, 5.74) is 3.34. The fraction of sp³-hybridized carbons (Fsp3) is 0.519. The van der Waals surface area contributed by atoms with E-state index in [1.165, 1.54) is 22.2 Å².